The average molecular weight is 425 g/mol. The van der Waals surface area contributed by atoms with Crippen LogP contribution in [0.4, 0.5) is 4.79 Å². The summed E-state index contributed by atoms with van der Waals surface area (Å²) in [4.78, 5) is 50.3. The molecule has 0 aromatic heterocycles. The number of rotatable bonds is 9. The maximum absolute atomic E-state index is 12.9. The molecule has 0 saturated carbocycles. The van der Waals surface area contributed by atoms with Crippen molar-refractivity contribution < 1.29 is 33.4 Å². The lowest BCUT2D eigenvalue weighted by molar-refractivity contribution is -0.148. The van der Waals surface area contributed by atoms with Crippen LogP contribution in [0.1, 0.15) is 27.7 Å². The van der Waals surface area contributed by atoms with Crippen LogP contribution in [0.5, 0.6) is 0 Å². The lowest BCUT2D eigenvalue weighted by atomic mass is 10.00. The summed E-state index contributed by atoms with van der Waals surface area (Å²) >= 11 is 0. The third-order valence-electron chi connectivity index (χ3n) is 4.05. The van der Waals surface area contributed by atoms with Gasteiger partial charge in [0.25, 0.3) is 0 Å². The van der Waals surface area contributed by atoms with E-state index in [1.165, 1.54) is 12.2 Å². The van der Waals surface area contributed by atoms with Gasteiger partial charge < -0.3 is 25.3 Å². The van der Waals surface area contributed by atoms with Crippen LogP contribution in [0.15, 0.2) is 24.4 Å². The minimum atomic E-state index is -1.47. The summed E-state index contributed by atoms with van der Waals surface area (Å²) in [6.07, 6.45) is 1.22. The first-order valence-corrected chi connectivity index (χ1v) is 9.47. The number of nitrogens with zero attached hydrogens (tertiary/aromatic N) is 1. The van der Waals surface area contributed by atoms with Crippen molar-refractivity contribution in [1.29, 1.82) is 0 Å². The van der Waals surface area contributed by atoms with Gasteiger partial charge in [0.2, 0.25) is 0 Å². The molecule has 0 unspecified atom stereocenters. The highest BCUT2D eigenvalue weighted by molar-refractivity contribution is 6.06. The third-order valence-corrected chi connectivity index (χ3v) is 4.05. The summed E-state index contributed by atoms with van der Waals surface area (Å²) in [6, 6.07) is -2.60. The molecular weight excluding hydrogens is 394 g/mol. The Labute approximate surface area is 176 Å². The third kappa shape index (κ3) is 7.60. The van der Waals surface area contributed by atoms with Crippen molar-refractivity contribution >= 4 is 23.6 Å². The fourth-order valence-corrected chi connectivity index (χ4v) is 2.78. The topological polar surface area (TPSA) is 137 Å². The van der Waals surface area contributed by atoms with Crippen LogP contribution in [0.3, 0.4) is 0 Å². The molecule has 0 spiro atoms. The number of amides is 1. The molecule has 10 heteroatoms. The molecular formula is C20H31N3O7. The molecule has 0 saturated heterocycles. The predicted octanol–water partition coefficient (Wildman–Crippen LogP) is 0.309. The van der Waals surface area contributed by atoms with Gasteiger partial charge >= 0.3 is 12.1 Å². The van der Waals surface area contributed by atoms with E-state index in [0.717, 1.165) is 12.0 Å². The monoisotopic (exact) mass is 425 g/mol. The molecule has 0 fully saturated rings. The maximum Gasteiger partial charge on any atom is 0.410 e. The summed E-state index contributed by atoms with van der Waals surface area (Å²) in [6.45, 7) is 10.3. The second-order valence-corrected chi connectivity index (χ2v) is 7.82. The molecule has 0 radical (unpaired) electrons. The number of hydrogen-bond donors (Lipinski definition) is 2. The highest BCUT2D eigenvalue weighted by Gasteiger charge is 2.37. The van der Waals surface area contributed by atoms with Crippen LogP contribution in [0.25, 0.3) is 0 Å². The number of hydrogen-bond acceptors (Lipinski definition) is 9. The van der Waals surface area contributed by atoms with E-state index in [9.17, 15) is 19.2 Å². The minimum Gasteiger partial charge on any atom is -0.467 e. The van der Waals surface area contributed by atoms with Crippen molar-refractivity contribution in [3.05, 3.63) is 24.4 Å². The van der Waals surface area contributed by atoms with Crippen LogP contribution >= 0.6 is 0 Å². The standard InChI is InChI=1S/C20H31N3O7/c1-7-8-29-19(27)23-10-13(9-14(24)11-23)22-16(18(26)28-6)17(25)15(21)12(2)30-20(3,4)5/h7,9,12,15-16,22H,1,8,10-11,21H2,2-6H3/t12-,15+,16+/m1/s1. The van der Waals surface area contributed by atoms with E-state index in [1.807, 2.05) is 20.8 Å². The van der Waals surface area contributed by atoms with Gasteiger partial charge in [0.1, 0.15) is 6.61 Å². The van der Waals surface area contributed by atoms with Gasteiger partial charge in [-0.1, -0.05) is 12.7 Å². The number of nitrogens with two attached hydrogens (primary N) is 1. The van der Waals surface area contributed by atoms with Crippen molar-refractivity contribution in [2.24, 2.45) is 5.73 Å². The number of ketones is 2. The van der Waals surface area contributed by atoms with Crippen LogP contribution < -0.4 is 11.1 Å². The highest BCUT2D eigenvalue weighted by atomic mass is 16.6. The van der Waals surface area contributed by atoms with Crippen molar-refractivity contribution in [3.8, 4) is 0 Å². The number of methoxy groups -OCH3 is 1. The Morgan fingerprint density at radius 3 is 2.50 bits per heavy atom. The number of ether oxygens (including phenoxy) is 3. The smallest absolute Gasteiger partial charge is 0.410 e. The normalized spacial score (nSPS) is 17.3. The second-order valence-electron chi connectivity index (χ2n) is 7.82. The molecule has 1 aliphatic heterocycles. The highest BCUT2D eigenvalue weighted by Crippen LogP contribution is 2.15. The van der Waals surface area contributed by atoms with Gasteiger partial charge in [0.05, 0.1) is 37.9 Å². The Morgan fingerprint density at radius 1 is 1.33 bits per heavy atom. The summed E-state index contributed by atoms with van der Waals surface area (Å²) in [5.41, 5.74) is 5.66. The van der Waals surface area contributed by atoms with Crippen LogP contribution in [0, 0.1) is 0 Å². The Bertz CT molecular complexity index is 712. The van der Waals surface area contributed by atoms with Gasteiger partial charge in [0, 0.05) is 11.8 Å². The zero-order valence-corrected chi connectivity index (χ0v) is 18.1. The largest absolute Gasteiger partial charge is 0.467 e. The summed E-state index contributed by atoms with van der Waals surface area (Å²) in [5.74, 6) is -1.94. The zero-order chi connectivity index (χ0) is 23.1. The zero-order valence-electron chi connectivity index (χ0n) is 18.1. The van der Waals surface area contributed by atoms with Crippen LogP contribution in [-0.4, -0.2) is 79.1 Å². The molecule has 0 aliphatic carbocycles. The Morgan fingerprint density at radius 2 is 1.97 bits per heavy atom. The van der Waals surface area contributed by atoms with E-state index in [2.05, 4.69) is 11.9 Å². The van der Waals surface area contributed by atoms with Gasteiger partial charge in [-0.2, -0.15) is 0 Å². The summed E-state index contributed by atoms with van der Waals surface area (Å²) in [5, 5.41) is 2.69. The number of carbonyl (C=O) groups excluding carboxylic acids is 4. The number of carbonyl (C=O) groups is 4. The van der Waals surface area contributed by atoms with Crippen LogP contribution in [-0.2, 0) is 28.6 Å². The van der Waals surface area contributed by atoms with E-state index < -0.39 is 47.4 Å². The van der Waals surface area contributed by atoms with E-state index in [-0.39, 0.29) is 25.4 Å². The lowest BCUT2D eigenvalue weighted by Gasteiger charge is -2.31. The molecule has 0 aromatic carbocycles. The first-order valence-electron chi connectivity index (χ1n) is 9.47. The van der Waals surface area contributed by atoms with Gasteiger partial charge in [-0.3, -0.25) is 14.5 Å². The second kappa shape index (κ2) is 10.9. The molecule has 0 bridgehead atoms. The Kier molecular flexibility index (Phi) is 9.19. The van der Waals surface area contributed by atoms with Gasteiger partial charge in [-0.15, -0.1) is 0 Å². The Balaban J connectivity index is 2.97. The molecule has 1 rings (SSSR count). The molecule has 168 valence electrons. The first kappa shape index (κ1) is 25.3. The van der Waals surface area contributed by atoms with Gasteiger partial charge in [-0.25, -0.2) is 9.59 Å². The van der Waals surface area contributed by atoms with E-state index in [1.54, 1.807) is 6.92 Å². The van der Waals surface area contributed by atoms with E-state index in [0.29, 0.717) is 0 Å². The molecule has 3 N–H and O–H groups in total. The Hall–Kier alpha value is -2.72. The number of esters is 1. The molecule has 1 amide bonds. The first-order chi connectivity index (χ1) is 13.9. The van der Waals surface area contributed by atoms with Gasteiger partial charge in [0.15, 0.2) is 17.6 Å². The summed E-state index contributed by atoms with van der Waals surface area (Å²) < 4.78 is 15.3. The van der Waals surface area contributed by atoms with Crippen LogP contribution in [0.2, 0.25) is 0 Å². The quantitative estimate of drug-likeness (QED) is 0.304. The lowest BCUT2D eigenvalue weighted by Crippen LogP contribution is -2.56. The average Bonchev–Trinajstić information content (AvgIpc) is 2.66. The number of nitrogens with one attached hydrogen (secondary N) is 1. The fourth-order valence-electron chi connectivity index (χ4n) is 2.78. The van der Waals surface area contributed by atoms with Crippen molar-refractivity contribution in [2.75, 3.05) is 26.8 Å². The SMILES string of the molecule is C=CCOC(=O)N1CC(=O)C=C(N[C@H](C(=O)OC)C(=O)[C@@H](N)[C@@H](C)OC(C)(C)C)C1. The fraction of sp³-hybridized carbons (Fsp3) is 0.600. The van der Waals surface area contributed by atoms with Crippen molar-refractivity contribution in [2.45, 2.75) is 51.5 Å². The summed E-state index contributed by atoms with van der Waals surface area (Å²) in [7, 11) is 1.13. The van der Waals surface area contributed by atoms with E-state index in [4.69, 9.17) is 19.9 Å². The molecule has 0 aromatic rings. The maximum atomic E-state index is 12.9. The van der Waals surface area contributed by atoms with Crippen molar-refractivity contribution in [3.63, 3.8) is 0 Å². The molecule has 10 nitrogen and oxygen atoms in total. The predicted molar refractivity (Wildman–Crippen MR) is 108 cm³/mol. The van der Waals surface area contributed by atoms with Crippen molar-refractivity contribution in [1.82, 2.24) is 10.2 Å². The van der Waals surface area contributed by atoms with Gasteiger partial charge in [-0.05, 0) is 27.7 Å². The molecule has 1 heterocycles. The van der Waals surface area contributed by atoms with E-state index >= 15 is 0 Å². The molecule has 30 heavy (non-hydrogen) atoms. The minimum absolute atomic E-state index is 0.0141. The number of Topliss-reactive ketones (excluding diaryl/α,β-unsaturated/α-hetero) is 1. The molecule has 1 aliphatic rings. The molecule has 3 atom stereocenters.